The van der Waals surface area contributed by atoms with Crippen molar-refractivity contribution >= 4 is 67.8 Å². The second-order valence-corrected chi connectivity index (χ2v) is 8.36. The van der Waals surface area contributed by atoms with Gasteiger partial charge in [-0.2, -0.15) is 0 Å². The van der Waals surface area contributed by atoms with Crippen molar-refractivity contribution in [1.82, 2.24) is 5.32 Å². The average molecular weight is 489 g/mol. The summed E-state index contributed by atoms with van der Waals surface area (Å²) in [6.45, 7) is -0.0621. The van der Waals surface area contributed by atoms with Crippen molar-refractivity contribution in [3.05, 3.63) is 61.7 Å². The number of hydrogen-bond acceptors (Lipinski definition) is 5. The number of amides is 1. The van der Waals surface area contributed by atoms with Gasteiger partial charge in [0.05, 0.1) is 21.5 Å². The topological polar surface area (TPSA) is 47.6 Å². The van der Waals surface area contributed by atoms with Crippen molar-refractivity contribution in [1.29, 1.82) is 0 Å². The Morgan fingerprint density at radius 1 is 1.41 bits per heavy atom. The Balaban J connectivity index is 1.88. The molecule has 27 heavy (non-hydrogen) atoms. The molecule has 1 N–H and O–H groups in total. The molecule has 1 saturated heterocycles. The lowest BCUT2D eigenvalue weighted by atomic mass is 10.1. The quantitative estimate of drug-likeness (QED) is 0.456. The van der Waals surface area contributed by atoms with Gasteiger partial charge in [0.15, 0.2) is 11.5 Å². The molecule has 1 aliphatic rings. The molecule has 0 unspecified atom stereocenters. The number of halogens is 3. The summed E-state index contributed by atoms with van der Waals surface area (Å²) < 4.78 is 26.1. The number of thiocarbonyl (C=S) groups is 1. The van der Waals surface area contributed by atoms with E-state index in [4.69, 9.17) is 33.3 Å². The lowest BCUT2D eigenvalue weighted by Gasteiger charge is -2.14. The summed E-state index contributed by atoms with van der Waals surface area (Å²) >= 11 is 15.6. The van der Waals surface area contributed by atoms with Crippen LogP contribution in [-0.2, 0) is 11.4 Å². The van der Waals surface area contributed by atoms with Crippen LogP contribution in [0, 0.1) is 5.82 Å². The summed E-state index contributed by atoms with van der Waals surface area (Å²) in [5, 5.41) is 2.85. The van der Waals surface area contributed by atoms with Gasteiger partial charge in [-0.3, -0.25) is 4.79 Å². The standard InChI is InChI=1S/C18H12BrClFNO3S2/c1-24-14-6-9(7-15-17(23)22-18(26)27-15)5-11(19)16(14)25-8-10-12(20)3-2-4-13(10)21/h2-7H,8H2,1H3,(H,22,23,26)/b15-7+. The largest absolute Gasteiger partial charge is 0.493 e. The second-order valence-electron chi connectivity index (χ2n) is 5.38. The summed E-state index contributed by atoms with van der Waals surface area (Å²) in [6.07, 6.45) is 1.70. The summed E-state index contributed by atoms with van der Waals surface area (Å²) in [4.78, 5) is 12.3. The van der Waals surface area contributed by atoms with E-state index < -0.39 is 5.82 Å². The van der Waals surface area contributed by atoms with Crippen molar-refractivity contribution < 1.29 is 18.7 Å². The zero-order valence-corrected chi connectivity index (χ0v) is 17.8. The third-order valence-electron chi connectivity index (χ3n) is 3.61. The van der Waals surface area contributed by atoms with E-state index in [1.807, 2.05) is 0 Å². The summed E-state index contributed by atoms with van der Waals surface area (Å²) in [5.74, 6) is 0.140. The second kappa shape index (κ2) is 8.60. The molecule has 9 heteroatoms. The number of rotatable bonds is 5. The van der Waals surface area contributed by atoms with Gasteiger partial charge in [0.2, 0.25) is 0 Å². The Kier molecular flexibility index (Phi) is 6.41. The third kappa shape index (κ3) is 4.63. The monoisotopic (exact) mass is 487 g/mol. The molecule has 1 amide bonds. The van der Waals surface area contributed by atoms with Crippen molar-refractivity contribution in [3.63, 3.8) is 0 Å². The lowest BCUT2D eigenvalue weighted by Crippen LogP contribution is -2.17. The van der Waals surface area contributed by atoms with Crippen LogP contribution >= 0.6 is 51.5 Å². The first-order valence-electron chi connectivity index (χ1n) is 7.57. The molecule has 1 heterocycles. The van der Waals surface area contributed by atoms with Crippen molar-refractivity contribution in [2.75, 3.05) is 7.11 Å². The number of ether oxygens (including phenoxy) is 2. The van der Waals surface area contributed by atoms with E-state index in [0.29, 0.717) is 25.2 Å². The van der Waals surface area contributed by atoms with E-state index in [9.17, 15) is 9.18 Å². The number of methoxy groups -OCH3 is 1. The van der Waals surface area contributed by atoms with Crippen LogP contribution in [0.1, 0.15) is 11.1 Å². The maximum Gasteiger partial charge on any atom is 0.263 e. The zero-order chi connectivity index (χ0) is 19.6. The molecule has 0 spiro atoms. The number of carbonyl (C=O) groups is 1. The molecule has 2 aromatic rings. The fraction of sp³-hybridized carbons (Fsp3) is 0.111. The predicted octanol–water partition coefficient (Wildman–Crippen LogP) is 5.32. The van der Waals surface area contributed by atoms with E-state index in [1.54, 1.807) is 24.3 Å². The van der Waals surface area contributed by atoms with Gasteiger partial charge in [0.1, 0.15) is 16.7 Å². The molecule has 0 aromatic heterocycles. The van der Waals surface area contributed by atoms with Crippen LogP contribution in [0.5, 0.6) is 11.5 Å². The molecule has 4 nitrogen and oxygen atoms in total. The highest BCUT2D eigenvalue weighted by atomic mass is 79.9. The Hall–Kier alpha value is -1.61. The van der Waals surface area contributed by atoms with E-state index in [-0.39, 0.29) is 23.1 Å². The predicted molar refractivity (Wildman–Crippen MR) is 113 cm³/mol. The van der Waals surface area contributed by atoms with Crippen LogP contribution in [0.3, 0.4) is 0 Å². The molecular weight excluding hydrogens is 477 g/mol. The van der Waals surface area contributed by atoms with Gasteiger partial charge in [0.25, 0.3) is 5.91 Å². The summed E-state index contributed by atoms with van der Waals surface area (Å²) in [6, 6.07) is 7.93. The Labute approximate surface area is 178 Å². The maximum atomic E-state index is 13.9. The summed E-state index contributed by atoms with van der Waals surface area (Å²) in [7, 11) is 1.49. The van der Waals surface area contributed by atoms with Crippen molar-refractivity contribution in [2.45, 2.75) is 6.61 Å². The van der Waals surface area contributed by atoms with Crippen molar-refractivity contribution in [2.24, 2.45) is 0 Å². The molecular formula is C18H12BrClFNO3S2. The maximum absolute atomic E-state index is 13.9. The van der Waals surface area contributed by atoms with Gasteiger partial charge in [-0.15, -0.1) is 0 Å². The van der Waals surface area contributed by atoms with Gasteiger partial charge in [0, 0.05) is 5.56 Å². The van der Waals surface area contributed by atoms with Gasteiger partial charge in [-0.1, -0.05) is 41.6 Å². The molecule has 1 aliphatic heterocycles. The van der Waals surface area contributed by atoms with Crippen LogP contribution in [0.4, 0.5) is 4.39 Å². The molecule has 1 fully saturated rings. The van der Waals surface area contributed by atoms with Crippen LogP contribution in [0.15, 0.2) is 39.7 Å². The highest BCUT2D eigenvalue weighted by Gasteiger charge is 2.22. The minimum absolute atomic E-state index is 0.0621. The zero-order valence-electron chi connectivity index (χ0n) is 13.8. The van der Waals surface area contributed by atoms with E-state index in [0.717, 1.165) is 5.56 Å². The number of carbonyl (C=O) groups excluding carboxylic acids is 1. The fourth-order valence-corrected chi connectivity index (χ4v) is 4.19. The lowest BCUT2D eigenvalue weighted by molar-refractivity contribution is -0.115. The fourth-order valence-electron chi connectivity index (χ4n) is 2.35. The normalized spacial score (nSPS) is 15.2. The molecule has 140 valence electrons. The molecule has 0 atom stereocenters. The first-order valence-corrected chi connectivity index (χ1v) is 9.96. The molecule has 0 aliphatic carbocycles. The van der Waals surface area contributed by atoms with Gasteiger partial charge in [-0.25, -0.2) is 4.39 Å². The van der Waals surface area contributed by atoms with Crippen LogP contribution in [-0.4, -0.2) is 17.3 Å². The summed E-state index contributed by atoms with van der Waals surface area (Å²) in [5.41, 5.74) is 0.976. The first kappa shape index (κ1) is 20.1. The number of benzene rings is 2. The number of nitrogens with one attached hydrogen (secondary N) is 1. The highest BCUT2D eigenvalue weighted by Crippen LogP contribution is 2.39. The number of thioether (sulfide) groups is 1. The minimum Gasteiger partial charge on any atom is -0.493 e. The number of hydrogen-bond donors (Lipinski definition) is 1. The van der Waals surface area contributed by atoms with Gasteiger partial charge in [-0.05, 0) is 51.8 Å². The Morgan fingerprint density at radius 3 is 2.81 bits per heavy atom. The Morgan fingerprint density at radius 2 is 2.19 bits per heavy atom. The van der Waals surface area contributed by atoms with Crippen LogP contribution in [0.2, 0.25) is 5.02 Å². The van der Waals surface area contributed by atoms with Crippen LogP contribution < -0.4 is 14.8 Å². The molecule has 0 bridgehead atoms. The van der Waals surface area contributed by atoms with E-state index in [1.165, 1.54) is 31.0 Å². The highest BCUT2D eigenvalue weighted by molar-refractivity contribution is 9.10. The van der Waals surface area contributed by atoms with Crippen LogP contribution in [0.25, 0.3) is 6.08 Å². The first-order chi connectivity index (χ1) is 12.9. The molecule has 0 radical (unpaired) electrons. The van der Waals surface area contributed by atoms with Crippen molar-refractivity contribution in [3.8, 4) is 11.5 Å². The molecule has 3 rings (SSSR count). The smallest absolute Gasteiger partial charge is 0.263 e. The van der Waals surface area contributed by atoms with E-state index in [2.05, 4.69) is 21.2 Å². The minimum atomic E-state index is -0.445. The van der Waals surface area contributed by atoms with Gasteiger partial charge >= 0.3 is 0 Å². The third-order valence-corrected chi connectivity index (χ3v) is 5.72. The SMILES string of the molecule is COc1cc(/C=C2/SC(=S)NC2=O)cc(Br)c1OCc1c(F)cccc1Cl. The Bertz CT molecular complexity index is 948. The van der Waals surface area contributed by atoms with E-state index >= 15 is 0 Å². The molecule has 0 saturated carbocycles. The average Bonchev–Trinajstić information content (AvgIpc) is 2.92. The van der Waals surface area contributed by atoms with Gasteiger partial charge < -0.3 is 14.8 Å². The molecule has 2 aromatic carbocycles.